The molecule has 0 saturated heterocycles. The van der Waals surface area contributed by atoms with Crippen molar-refractivity contribution in [3.8, 4) is 17.0 Å². The van der Waals surface area contributed by atoms with Gasteiger partial charge in [0.1, 0.15) is 12.4 Å². The summed E-state index contributed by atoms with van der Waals surface area (Å²) in [5, 5.41) is 4.91. The van der Waals surface area contributed by atoms with Gasteiger partial charge in [0, 0.05) is 10.9 Å². The number of nitrogens with one attached hydrogen (secondary N) is 1. The number of hydrogen-bond acceptors (Lipinski definition) is 4. The highest BCUT2D eigenvalue weighted by Crippen LogP contribution is 2.27. The van der Waals surface area contributed by atoms with Gasteiger partial charge in [0.2, 0.25) is 0 Å². The SMILES string of the molecule is Cc1cc2c(cc1Cc1ccc(-c3cscn3)cc1)C(=O)NCCO2. The van der Waals surface area contributed by atoms with Gasteiger partial charge in [0.05, 0.1) is 23.3 Å². The first kappa shape index (κ1) is 15.8. The van der Waals surface area contributed by atoms with Crippen LogP contribution in [-0.2, 0) is 6.42 Å². The van der Waals surface area contributed by atoms with Gasteiger partial charge in [-0.1, -0.05) is 24.3 Å². The summed E-state index contributed by atoms with van der Waals surface area (Å²) in [6, 6.07) is 12.4. The average Bonchev–Trinajstić information content (AvgIpc) is 3.10. The van der Waals surface area contributed by atoms with Crippen LogP contribution in [0.4, 0.5) is 0 Å². The van der Waals surface area contributed by atoms with Crippen molar-refractivity contribution in [2.45, 2.75) is 13.3 Å². The van der Waals surface area contributed by atoms with E-state index < -0.39 is 0 Å². The first-order chi connectivity index (χ1) is 12.2. The van der Waals surface area contributed by atoms with E-state index >= 15 is 0 Å². The second kappa shape index (κ2) is 6.69. The minimum Gasteiger partial charge on any atom is -0.491 e. The molecule has 0 atom stereocenters. The van der Waals surface area contributed by atoms with E-state index in [0.717, 1.165) is 28.8 Å². The third-order valence-corrected chi connectivity index (χ3v) is 4.99. The van der Waals surface area contributed by atoms with Crippen molar-refractivity contribution in [1.82, 2.24) is 10.3 Å². The smallest absolute Gasteiger partial charge is 0.255 e. The number of fused-ring (bicyclic) bond motifs is 1. The third-order valence-electron chi connectivity index (χ3n) is 4.40. The second-order valence-corrected chi connectivity index (χ2v) is 6.85. The molecule has 0 aliphatic carbocycles. The van der Waals surface area contributed by atoms with E-state index in [-0.39, 0.29) is 5.91 Å². The molecule has 0 fully saturated rings. The van der Waals surface area contributed by atoms with Crippen molar-refractivity contribution in [2.75, 3.05) is 13.2 Å². The van der Waals surface area contributed by atoms with E-state index in [4.69, 9.17) is 4.74 Å². The van der Waals surface area contributed by atoms with Gasteiger partial charge >= 0.3 is 0 Å². The summed E-state index contributed by atoms with van der Waals surface area (Å²) in [6.45, 7) is 3.11. The maximum atomic E-state index is 12.2. The van der Waals surface area contributed by atoms with Gasteiger partial charge < -0.3 is 10.1 Å². The molecule has 1 aliphatic rings. The number of amides is 1. The fourth-order valence-corrected chi connectivity index (χ4v) is 3.56. The van der Waals surface area contributed by atoms with Gasteiger partial charge in [-0.05, 0) is 42.2 Å². The van der Waals surface area contributed by atoms with E-state index in [9.17, 15) is 4.79 Å². The number of aromatic nitrogens is 1. The van der Waals surface area contributed by atoms with Crippen molar-refractivity contribution in [3.63, 3.8) is 0 Å². The van der Waals surface area contributed by atoms with Crippen LogP contribution < -0.4 is 10.1 Å². The van der Waals surface area contributed by atoms with Gasteiger partial charge in [-0.25, -0.2) is 4.98 Å². The molecule has 1 aliphatic heterocycles. The Morgan fingerprint density at radius 2 is 2.08 bits per heavy atom. The Balaban J connectivity index is 1.61. The second-order valence-electron chi connectivity index (χ2n) is 6.13. The van der Waals surface area contributed by atoms with Gasteiger partial charge in [-0.15, -0.1) is 11.3 Å². The lowest BCUT2D eigenvalue weighted by molar-refractivity contribution is 0.0957. The van der Waals surface area contributed by atoms with Crippen molar-refractivity contribution < 1.29 is 9.53 Å². The third kappa shape index (κ3) is 3.28. The molecule has 0 radical (unpaired) electrons. The predicted octanol–water partition coefficient (Wildman–Crippen LogP) is 3.83. The van der Waals surface area contributed by atoms with Crippen LogP contribution in [0.15, 0.2) is 47.3 Å². The minimum absolute atomic E-state index is 0.0624. The summed E-state index contributed by atoms with van der Waals surface area (Å²) in [5.74, 6) is 0.614. The summed E-state index contributed by atoms with van der Waals surface area (Å²) >= 11 is 1.60. The highest BCUT2D eigenvalue weighted by molar-refractivity contribution is 7.07. The topological polar surface area (TPSA) is 51.2 Å². The van der Waals surface area contributed by atoms with E-state index in [0.29, 0.717) is 24.5 Å². The number of carbonyl (C=O) groups is 1. The number of nitrogens with zero attached hydrogens (tertiary/aromatic N) is 1. The molecule has 4 rings (SSSR count). The standard InChI is InChI=1S/C20H18N2O2S/c1-13-8-19-17(20(23)21-6-7-24-19)10-16(13)9-14-2-4-15(5-3-14)18-11-25-12-22-18/h2-5,8,10-12H,6-7,9H2,1H3,(H,21,23). The normalized spacial score (nSPS) is 13.6. The monoisotopic (exact) mass is 350 g/mol. The predicted molar refractivity (Wildman–Crippen MR) is 99.4 cm³/mol. The first-order valence-electron chi connectivity index (χ1n) is 8.23. The number of thiazole rings is 1. The Kier molecular flexibility index (Phi) is 4.24. The number of hydrogen-bond donors (Lipinski definition) is 1. The molecule has 1 amide bonds. The molecule has 3 aromatic rings. The number of rotatable bonds is 3. The summed E-state index contributed by atoms with van der Waals surface area (Å²) in [6.07, 6.45) is 0.781. The number of carbonyl (C=O) groups excluding carboxylic acids is 1. The fourth-order valence-electron chi connectivity index (χ4n) is 3.00. The Hall–Kier alpha value is -2.66. The van der Waals surface area contributed by atoms with Crippen molar-refractivity contribution >= 4 is 17.2 Å². The Morgan fingerprint density at radius 1 is 1.24 bits per heavy atom. The zero-order valence-corrected chi connectivity index (χ0v) is 14.7. The van der Waals surface area contributed by atoms with Crippen LogP contribution in [-0.4, -0.2) is 24.0 Å². The zero-order valence-electron chi connectivity index (χ0n) is 13.9. The summed E-state index contributed by atoms with van der Waals surface area (Å²) in [4.78, 5) is 16.5. The largest absolute Gasteiger partial charge is 0.491 e. The molecule has 4 nitrogen and oxygen atoms in total. The summed E-state index contributed by atoms with van der Waals surface area (Å²) in [7, 11) is 0. The highest BCUT2D eigenvalue weighted by atomic mass is 32.1. The van der Waals surface area contributed by atoms with Gasteiger partial charge in [0.15, 0.2) is 0 Å². The van der Waals surface area contributed by atoms with Crippen molar-refractivity contribution in [3.05, 3.63) is 69.5 Å². The zero-order chi connectivity index (χ0) is 17.2. The summed E-state index contributed by atoms with van der Waals surface area (Å²) in [5.41, 5.74) is 8.07. The minimum atomic E-state index is -0.0624. The maximum absolute atomic E-state index is 12.2. The van der Waals surface area contributed by atoms with Crippen LogP contribution >= 0.6 is 11.3 Å². The van der Waals surface area contributed by atoms with E-state index in [1.165, 1.54) is 5.56 Å². The van der Waals surface area contributed by atoms with Crippen molar-refractivity contribution in [1.29, 1.82) is 0 Å². The number of ether oxygens (including phenoxy) is 1. The molecule has 1 N–H and O–H groups in total. The van der Waals surface area contributed by atoms with Crippen LogP contribution in [0, 0.1) is 6.92 Å². The molecular formula is C20H18N2O2S. The first-order valence-corrected chi connectivity index (χ1v) is 9.17. The average molecular weight is 350 g/mol. The van der Waals surface area contributed by atoms with Crippen LogP contribution in [0.25, 0.3) is 11.3 Å². The van der Waals surface area contributed by atoms with E-state index in [1.807, 2.05) is 23.0 Å². The molecule has 1 aromatic heterocycles. The Labute approximate surface area is 150 Å². The Bertz CT molecular complexity index is 902. The van der Waals surface area contributed by atoms with Crippen LogP contribution in [0.5, 0.6) is 5.75 Å². The molecule has 0 saturated carbocycles. The Morgan fingerprint density at radius 3 is 2.84 bits per heavy atom. The van der Waals surface area contributed by atoms with Gasteiger partial charge in [0.25, 0.3) is 5.91 Å². The van der Waals surface area contributed by atoms with Crippen LogP contribution in [0.3, 0.4) is 0 Å². The number of aryl methyl sites for hydroxylation is 1. The molecule has 5 heteroatoms. The quantitative estimate of drug-likeness (QED) is 0.781. The van der Waals surface area contributed by atoms with Gasteiger partial charge in [-0.2, -0.15) is 0 Å². The number of benzene rings is 2. The molecule has 2 heterocycles. The fraction of sp³-hybridized carbons (Fsp3) is 0.200. The molecule has 0 spiro atoms. The molecular weight excluding hydrogens is 332 g/mol. The van der Waals surface area contributed by atoms with Crippen LogP contribution in [0.2, 0.25) is 0 Å². The highest BCUT2D eigenvalue weighted by Gasteiger charge is 2.18. The van der Waals surface area contributed by atoms with E-state index in [1.54, 1.807) is 11.3 Å². The van der Waals surface area contributed by atoms with Gasteiger partial charge in [-0.3, -0.25) is 4.79 Å². The van der Waals surface area contributed by atoms with Crippen molar-refractivity contribution in [2.24, 2.45) is 0 Å². The molecule has 25 heavy (non-hydrogen) atoms. The molecule has 0 unspecified atom stereocenters. The van der Waals surface area contributed by atoms with E-state index in [2.05, 4.69) is 41.5 Å². The maximum Gasteiger partial charge on any atom is 0.255 e. The van der Waals surface area contributed by atoms with Crippen LogP contribution in [0.1, 0.15) is 27.0 Å². The lowest BCUT2D eigenvalue weighted by Gasteiger charge is -2.12. The molecule has 0 bridgehead atoms. The summed E-state index contributed by atoms with van der Waals surface area (Å²) < 4.78 is 5.67. The lowest BCUT2D eigenvalue weighted by atomic mass is 9.96. The lowest BCUT2D eigenvalue weighted by Crippen LogP contribution is -2.24. The molecule has 2 aromatic carbocycles. The molecule has 126 valence electrons.